The van der Waals surface area contributed by atoms with Crippen molar-refractivity contribution in [2.75, 3.05) is 19.7 Å². The fourth-order valence-electron chi connectivity index (χ4n) is 1.28. The number of nitrogens with zero attached hydrogens (tertiary/aromatic N) is 1. The molecular formula is C10H17F3N2O3. The maximum atomic E-state index is 12.3. The van der Waals surface area contributed by atoms with E-state index in [0.29, 0.717) is 11.3 Å². The van der Waals surface area contributed by atoms with Crippen LogP contribution in [0.5, 0.6) is 0 Å². The molecule has 0 aliphatic rings. The number of hydrogen-bond acceptors (Lipinski definition) is 4. The molecule has 1 amide bonds. The van der Waals surface area contributed by atoms with Crippen LogP contribution in [0.15, 0.2) is 0 Å². The third kappa shape index (κ3) is 5.85. The zero-order chi connectivity index (χ0) is 14.3. The Balaban J connectivity index is 4.69. The Morgan fingerprint density at radius 1 is 1.33 bits per heavy atom. The highest BCUT2D eigenvalue weighted by atomic mass is 19.4. The van der Waals surface area contributed by atoms with Crippen LogP contribution in [0.4, 0.5) is 13.2 Å². The first kappa shape index (κ1) is 16.7. The fourth-order valence-corrected chi connectivity index (χ4v) is 1.28. The molecule has 5 nitrogen and oxygen atoms in total. The van der Waals surface area contributed by atoms with Gasteiger partial charge in [-0.15, -0.1) is 0 Å². The van der Waals surface area contributed by atoms with Crippen LogP contribution in [-0.2, 0) is 14.3 Å². The van der Waals surface area contributed by atoms with Crippen molar-refractivity contribution in [3.8, 4) is 0 Å². The van der Waals surface area contributed by atoms with Crippen molar-refractivity contribution in [1.29, 1.82) is 0 Å². The molecule has 0 heterocycles. The summed E-state index contributed by atoms with van der Waals surface area (Å²) in [4.78, 5) is 23.3. The summed E-state index contributed by atoms with van der Waals surface area (Å²) in [6.45, 7) is 1.59. The molecule has 1 atom stereocenters. The van der Waals surface area contributed by atoms with Gasteiger partial charge >= 0.3 is 12.1 Å². The number of hydrogen-bond donors (Lipinski definition) is 1. The SMILES string of the molecule is CCCN(CC(F)(F)F)C(=O)C(N)C(=O)OCC. The van der Waals surface area contributed by atoms with E-state index < -0.39 is 30.6 Å². The van der Waals surface area contributed by atoms with Crippen LogP contribution < -0.4 is 5.73 Å². The molecule has 0 saturated heterocycles. The Kier molecular flexibility index (Phi) is 6.67. The van der Waals surface area contributed by atoms with Gasteiger partial charge < -0.3 is 15.4 Å². The van der Waals surface area contributed by atoms with Gasteiger partial charge in [0.05, 0.1) is 6.61 Å². The molecule has 1 unspecified atom stereocenters. The number of carbonyl (C=O) groups is 2. The molecule has 0 rings (SSSR count). The molecule has 106 valence electrons. The zero-order valence-corrected chi connectivity index (χ0v) is 10.3. The molecule has 0 aliphatic heterocycles. The Bertz CT molecular complexity index is 295. The second-order valence-corrected chi connectivity index (χ2v) is 3.60. The highest BCUT2D eigenvalue weighted by molar-refractivity contribution is 6.01. The minimum Gasteiger partial charge on any atom is -0.464 e. The Labute approximate surface area is 103 Å². The first-order valence-corrected chi connectivity index (χ1v) is 5.50. The van der Waals surface area contributed by atoms with Gasteiger partial charge in [-0.05, 0) is 13.3 Å². The lowest BCUT2D eigenvalue weighted by Crippen LogP contribution is -2.51. The lowest BCUT2D eigenvalue weighted by atomic mass is 10.2. The standard InChI is InChI=1S/C10H17F3N2O3/c1-3-5-15(6-10(11,12)13)8(16)7(14)9(17)18-4-2/h7H,3-6,14H2,1-2H3. The molecule has 0 aliphatic carbocycles. The molecule has 0 radical (unpaired) electrons. The van der Waals surface area contributed by atoms with Crippen molar-refractivity contribution in [1.82, 2.24) is 4.90 Å². The highest BCUT2D eigenvalue weighted by Gasteiger charge is 2.36. The largest absolute Gasteiger partial charge is 0.464 e. The number of alkyl halides is 3. The molecule has 18 heavy (non-hydrogen) atoms. The van der Waals surface area contributed by atoms with Crippen molar-refractivity contribution in [2.45, 2.75) is 32.5 Å². The Hall–Kier alpha value is -1.31. The van der Waals surface area contributed by atoms with Crippen LogP contribution in [-0.4, -0.2) is 48.7 Å². The van der Waals surface area contributed by atoms with Crippen LogP contribution in [0, 0.1) is 0 Å². The minimum atomic E-state index is -4.53. The number of rotatable bonds is 6. The summed E-state index contributed by atoms with van der Waals surface area (Å²) in [7, 11) is 0. The fraction of sp³-hybridized carbons (Fsp3) is 0.800. The van der Waals surface area contributed by atoms with Crippen LogP contribution in [0.1, 0.15) is 20.3 Å². The number of amides is 1. The number of nitrogens with two attached hydrogens (primary N) is 1. The predicted molar refractivity (Wildman–Crippen MR) is 57.5 cm³/mol. The monoisotopic (exact) mass is 270 g/mol. The Morgan fingerprint density at radius 2 is 1.89 bits per heavy atom. The van der Waals surface area contributed by atoms with Gasteiger partial charge in [-0.2, -0.15) is 13.2 Å². The second-order valence-electron chi connectivity index (χ2n) is 3.60. The van der Waals surface area contributed by atoms with E-state index in [1.807, 2.05) is 0 Å². The first-order chi connectivity index (χ1) is 8.22. The van der Waals surface area contributed by atoms with E-state index in [9.17, 15) is 22.8 Å². The van der Waals surface area contributed by atoms with Gasteiger partial charge in [-0.1, -0.05) is 6.92 Å². The number of esters is 1. The van der Waals surface area contributed by atoms with Gasteiger partial charge in [0.1, 0.15) is 6.54 Å². The van der Waals surface area contributed by atoms with E-state index in [-0.39, 0.29) is 13.2 Å². The lowest BCUT2D eigenvalue weighted by molar-refractivity contribution is -0.166. The van der Waals surface area contributed by atoms with Crippen molar-refractivity contribution in [3.05, 3.63) is 0 Å². The Morgan fingerprint density at radius 3 is 2.28 bits per heavy atom. The normalized spacial score (nSPS) is 13.0. The van der Waals surface area contributed by atoms with E-state index in [0.717, 1.165) is 0 Å². The van der Waals surface area contributed by atoms with Gasteiger partial charge in [0.15, 0.2) is 6.04 Å². The molecule has 0 aromatic heterocycles. The van der Waals surface area contributed by atoms with Gasteiger partial charge in [-0.3, -0.25) is 4.79 Å². The summed E-state index contributed by atoms with van der Waals surface area (Å²) in [6, 6.07) is -1.71. The van der Waals surface area contributed by atoms with Gasteiger partial charge in [0, 0.05) is 6.54 Å². The van der Waals surface area contributed by atoms with Crippen molar-refractivity contribution in [2.24, 2.45) is 5.73 Å². The number of halogens is 3. The summed E-state index contributed by atoms with van der Waals surface area (Å²) < 4.78 is 41.2. The molecular weight excluding hydrogens is 253 g/mol. The quantitative estimate of drug-likeness (QED) is 0.569. The van der Waals surface area contributed by atoms with E-state index in [4.69, 9.17) is 5.73 Å². The molecule has 8 heteroatoms. The van der Waals surface area contributed by atoms with Crippen LogP contribution in [0.25, 0.3) is 0 Å². The van der Waals surface area contributed by atoms with E-state index >= 15 is 0 Å². The minimum absolute atomic E-state index is 0.00681. The number of carbonyl (C=O) groups excluding carboxylic acids is 2. The van der Waals surface area contributed by atoms with Gasteiger partial charge in [-0.25, -0.2) is 4.79 Å². The van der Waals surface area contributed by atoms with Crippen LogP contribution in [0.2, 0.25) is 0 Å². The third-order valence-corrected chi connectivity index (χ3v) is 1.98. The molecule has 0 aromatic rings. The summed E-state index contributed by atoms with van der Waals surface area (Å²) in [5.74, 6) is -2.10. The van der Waals surface area contributed by atoms with Crippen LogP contribution >= 0.6 is 0 Å². The molecule has 0 bridgehead atoms. The van der Waals surface area contributed by atoms with Crippen molar-refractivity contribution >= 4 is 11.9 Å². The average Bonchev–Trinajstić information content (AvgIpc) is 2.25. The third-order valence-electron chi connectivity index (χ3n) is 1.98. The lowest BCUT2D eigenvalue weighted by Gasteiger charge is -2.25. The predicted octanol–water partition coefficient (Wildman–Crippen LogP) is 0.678. The van der Waals surface area contributed by atoms with E-state index in [2.05, 4.69) is 4.74 Å². The number of ether oxygens (including phenoxy) is 1. The summed E-state index contributed by atoms with van der Waals surface area (Å²) in [6.07, 6.45) is -4.20. The summed E-state index contributed by atoms with van der Waals surface area (Å²) in [5.41, 5.74) is 5.26. The maximum absolute atomic E-state index is 12.3. The van der Waals surface area contributed by atoms with Crippen molar-refractivity contribution in [3.63, 3.8) is 0 Å². The van der Waals surface area contributed by atoms with Gasteiger partial charge in [0.2, 0.25) is 0 Å². The molecule has 0 aromatic carbocycles. The highest BCUT2D eigenvalue weighted by Crippen LogP contribution is 2.17. The van der Waals surface area contributed by atoms with Gasteiger partial charge in [0.25, 0.3) is 5.91 Å². The maximum Gasteiger partial charge on any atom is 0.406 e. The average molecular weight is 270 g/mol. The van der Waals surface area contributed by atoms with E-state index in [1.165, 1.54) is 6.92 Å². The molecule has 2 N–H and O–H groups in total. The molecule has 0 spiro atoms. The van der Waals surface area contributed by atoms with Crippen molar-refractivity contribution < 1.29 is 27.5 Å². The topological polar surface area (TPSA) is 72.6 Å². The van der Waals surface area contributed by atoms with Crippen LogP contribution in [0.3, 0.4) is 0 Å². The first-order valence-electron chi connectivity index (χ1n) is 5.50. The van der Waals surface area contributed by atoms with E-state index in [1.54, 1.807) is 6.92 Å². The summed E-state index contributed by atoms with van der Waals surface area (Å²) >= 11 is 0. The molecule has 0 fully saturated rings. The summed E-state index contributed by atoms with van der Waals surface area (Å²) in [5, 5.41) is 0. The zero-order valence-electron chi connectivity index (χ0n) is 10.3. The second kappa shape index (κ2) is 7.20. The smallest absolute Gasteiger partial charge is 0.406 e. The molecule has 0 saturated carbocycles.